The van der Waals surface area contributed by atoms with Gasteiger partial charge in [0.05, 0.1) is 12.4 Å². The molecule has 1 aliphatic carbocycles. The van der Waals surface area contributed by atoms with Crippen molar-refractivity contribution >= 4 is 21.6 Å². The van der Waals surface area contributed by atoms with Crippen molar-refractivity contribution in [3.8, 4) is 0 Å². The summed E-state index contributed by atoms with van der Waals surface area (Å²) in [5, 5.41) is 0. The van der Waals surface area contributed by atoms with Gasteiger partial charge in [-0.2, -0.15) is 0 Å². The van der Waals surface area contributed by atoms with Gasteiger partial charge in [0.15, 0.2) is 0 Å². The molecule has 0 amide bonds. The number of hydrogen-bond acceptors (Lipinski definition) is 2. The van der Waals surface area contributed by atoms with Crippen LogP contribution in [-0.4, -0.2) is 24.7 Å². The van der Waals surface area contributed by atoms with Crippen LogP contribution in [0.15, 0.2) is 39.5 Å². The highest BCUT2D eigenvalue weighted by Crippen LogP contribution is 2.36. The Kier molecular flexibility index (Phi) is 4.59. The first-order valence-electron chi connectivity index (χ1n) is 8.51. The van der Waals surface area contributed by atoms with Crippen LogP contribution in [0.25, 0.3) is 0 Å². The third kappa shape index (κ3) is 3.21. The summed E-state index contributed by atoms with van der Waals surface area (Å²) < 4.78 is 1.22. The highest BCUT2D eigenvalue weighted by atomic mass is 79.9. The van der Waals surface area contributed by atoms with Gasteiger partial charge in [-0.05, 0) is 72.8 Å². The molecule has 1 heterocycles. The highest BCUT2D eigenvalue weighted by Gasteiger charge is 2.29. The summed E-state index contributed by atoms with van der Waals surface area (Å²) in [6.45, 7) is 14.5. The first-order chi connectivity index (χ1) is 10.9. The maximum Gasteiger partial charge on any atom is 0.0902 e. The molecule has 124 valence electrons. The van der Waals surface area contributed by atoms with Crippen LogP contribution in [0, 0.1) is 19.8 Å². The molecule has 2 nitrogen and oxygen atoms in total. The van der Waals surface area contributed by atoms with Crippen molar-refractivity contribution < 1.29 is 0 Å². The molecule has 1 aromatic rings. The van der Waals surface area contributed by atoms with Gasteiger partial charge >= 0.3 is 0 Å². The number of aryl methyl sites for hydroxylation is 2. The van der Waals surface area contributed by atoms with Gasteiger partial charge in [-0.25, -0.2) is 0 Å². The Morgan fingerprint density at radius 2 is 1.74 bits per heavy atom. The van der Waals surface area contributed by atoms with E-state index in [0.29, 0.717) is 5.92 Å². The SMILES string of the molecule is CC1=CC(C)=C(N2CCN(c3c(C)cc(C)cc3Br)C2)[C@@H](C)C1. The van der Waals surface area contributed by atoms with E-state index in [-0.39, 0.29) is 0 Å². The molecule has 0 bridgehead atoms. The lowest BCUT2D eigenvalue weighted by Crippen LogP contribution is -2.29. The molecule has 0 aromatic heterocycles. The van der Waals surface area contributed by atoms with Crippen molar-refractivity contribution in [2.75, 3.05) is 24.7 Å². The smallest absolute Gasteiger partial charge is 0.0902 e. The molecule has 1 aromatic carbocycles. The molecular weight excluding hydrogens is 348 g/mol. The lowest BCUT2D eigenvalue weighted by Gasteiger charge is -2.32. The number of benzene rings is 1. The molecule has 23 heavy (non-hydrogen) atoms. The first kappa shape index (κ1) is 16.6. The summed E-state index contributed by atoms with van der Waals surface area (Å²) in [5.41, 5.74) is 8.52. The van der Waals surface area contributed by atoms with Gasteiger partial charge in [-0.3, -0.25) is 0 Å². The predicted molar refractivity (Wildman–Crippen MR) is 103 cm³/mol. The van der Waals surface area contributed by atoms with Crippen molar-refractivity contribution in [1.82, 2.24) is 4.90 Å². The molecule has 3 heteroatoms. The van der Waals surface area contributed by atoms with Crippen LogP contribution >= 0.6 is 15.9 Å². The summed E-state index contributed by atoms with van der Waals surface area (Å²) in [6, 6.07) is 4.51. The molecule has 1 atom stereocenters. The van der Waals surface area contributed by atoms with Gasteiger partial charge in [0, 0.05) is 29.2 Å². The van der Waals surface area contributed by atoms with Gasteiger partial charge < -0.3 is 9.80 Å². The molecule has 0 saturated carbocycles. The minimum atomic E-state index is 0.627. The van der Waals surface area contributed by atoms with Crippen molar-refractivity contribution in [1.29, 1.82) is 0 Å². The second-order valence-corrected chi connectivity index (χ2v) is 8.10. The Bertz CT molecular complexity index is 664. The minimum absolute atomic E-state index is 0.627. The number of allylic oxidation sites excluding steroid dienone is 4. The number of nitrogens with zero attached hydrogens (tertiary/aromatic N) is 2. The fraction of sp³-hybridized carbons (Fsp3) is 0.500. The van der Waals surface area contributed by atoms with Crippen LogP contribution in [0.4, 0.5) is 5.69 Å². The molecule has 0 unspecified atom stereocenters. The van der Waals surface area contributed by atoms with Crippen molar-refractivity contribution in [3.63, 3.8) is 0 Å². The van der Waals surface area contributed by atoms with Gasteiger partial charge in [-0.15, -0.1) is 0 Å². The van der Waals surface area contributed by atoms with E-state index in [1.54, 1.807) is 5.70 Å². The van der Waals surface area contributed by atoms with E-state index in [1.165, 1.54) is 38.9 Å². The number of hydrogen-bond donors (Lipinski definition) is 0. The van der Waals surface area contributed by atoms with Crippen molar-refractivity contribution in [2.24, 2.45) is 5.92 Å². The Labute approximate surface area is 149 Å². The highest BCUT2D eigenvalue weighted by molar-refractivity contribution is 9.10. The zero-order valence-electron chi connectivity index (χ0n) is 14.9. The summed E-state index contributed by atoms with van der Waals surface area (Å²) in [5.74, 6) is 0.627. The van der Waals surface area contributed by atoms with Gasteiger partial charge in [-0.1, -0.05) is 24.6 Å². The molecule has 3 rings (SSSR count). The van der Waals surface area contributed by atoms with E-state index in [4.69, 9.17) is 0 Å². The van der Waals surface area contributed by atoms with Gasteiger partial charge in [0.2, 0.25) is 0 Å². The molecule has 1 saturated heterocycles. The van der Waals surface area contributed by atoms with Crippen LogP contribution < -0.4 is 4.90 Å². The zero-order chi connectivity index (χ0) is 16.7. The van der Waals surface area contributed by atoms with Crippen molar-refractivity contribution in [3.05, 3.63) is 50.7 Å². The Morgan fingerprint density at radius 1 is 1.04 bits per heavy atom. The second-order valence-electron chi connectivity index (χ2n) is 7.24. The van der Waals surface area contributed by atoms with Crippen molar-refractivity contribution in [2.45, 2.75) is 41.0 Å². The van der Waals surface area contributed by atoms with Crippen LogP contribution in [0.5, 0.6) is 0 Å². The van der Waals surface area contributed by atoms with Crippen LogP contribution in [0.3, 0.4) is 0 Å². The number of anilines is 1. The fourth-order valence-electron chi connectivity index (χ4n) is 4.31. The Balaban J connectivity index is 1.86. The van der Waals surface area contributed by atoms with E-state index in [9.17, 15) is 0 Å². The molecule has 1 aliphatic heterocycles. The van der Waals surface area contributed by atoms with E-state index in [1.807, 2.05) is 0 Å². The third-order valence-electron chi connectivity index (χ3n) is 5.00. The fourth-order valence-corrected chi connectivity index (χ4v) is 5.23. The third-order valence-corrected chi connectivity index (χ3v) is 5.60. The standard InChI is InChI=1S/C20H27BrN2/c1-13-8-15(3)19(16(4)9-13)22-6-7-23(12-22)20-17(5)10-14(2)11-18(20)21/h8,10-11,16H,6-7,9,12H2,1-5H3/t16-/m0/s1. The monoisotopic (exact) mass is 374 g/mol. The normalized spacial score (nSPS) is 22.0. The maximum absolute atomic E-state index is 3.77. The predicted octanol–water partition coefficient (Wildman–Crippen LogP) is 5.41. The van der Waals surface area contributed by atoms with E-state index in [0.717, 1.165) is 19.8 Å². The quantitative estimate of drug-likeness (QED) is 0.682. The average molecular weight is 375 g/mol. The summed E-state index contributed by atoms with van der Waals surface area (Å²) in [4.78, 5) is 5.09. The zero-order valence-corrected chi connectivity index (χ0v) is 16.5. The van der Waals surface area contributed by atoms with Gasteiger partial charge in [0.25, 0.3) is 0 Å². The molecule has 0 spiro atoms. The van der Waals surface area contributed by atoms with E-state index >= 15 is 0 Å². The first-order valence-corrected chi connectivity index (χ1v) is 9.30. The van der Waals surface area contributed by atoms with Crippen LogP contribution in [0.1, 0.15) is 38.3 Å². The molecule has 1 fully saturated rings. The van der Waals surface area contributed by atoms with Crippen LogP contribution in [0.2, 0.25) is 0 Å². The van der Waals surface area contributed by atoms with E-state index in [2.05, 4.69) is 78.6 Å². The minimum Gasteiger partial charge on any atom is -0.355 e. The second kappa shape index (κ2) is 6.35. The average Bonchev–Trinajstić information content (AvgIpc) is 2.85. The van der Waals surface area contributed by atoms with Crippen LogP contribution in [-0.2, 0) is 0 Å². The van der Waals surface area contributed by atoms with E-state index < -0.39 is 0 Å². The lowest BCUT2D eigenvalue weighted by molar-refractivity contribution is 0.363. The largest absolute Gasteiger partial charge is 0.355 e. The molecular formula is C20H27BrN2. The summed E-state index contributed by atoms with van der Waals surface area (Å²) in [7, 11) is 0. The molecule has 2 aliphatic rings. The van der Waals surface area contributed by atoms with Gasteiger partial charge in [0.1, 0.15) is 0 Å². The molecule has 0 radical (unpaired) electrons. The maximum atomic E-state index is 3.77. The Morgan fingerprint density at radius 3 is 2.39 bits per heavy atom. The topological polar surface area (TPSA) is 6.48 Å². The summed E-state index contributed by atoms with van der Waals surface area (Å²) in [6.07, 6.45) is 3.56. The molecule has 0 N–H and O–H groups in total. The summed E-state index contributed by atoms with van der Waals surface area (Å²) >= 11 is 3.77. The Hall–Kier alpha value is -1.22. The number of rotatable bonds is 2. The number of halogens is 1. The lowest BCUT2D eigenvalue weighted by atomic mass is 9.89.